The average Bonchev–Trinajstić information content (AvgIpc) is 3.71. The maximum Gasteiger partial charge on any atom is 0.230 e. The van der Waals surface area contributed by atoms with Crippen molar-refractivity contribution in [1.29, 1.82) is 0 Å². The first-order valence-corrected chi connectivity index (χ1v) is 15.6. The number of nitrogens with one attached hydrogen (secondary N) is 2. The molecule has 1 atom stereocenters. The molecule has 44 heavy (non-hydrogen) atoms. The Balaban J connectivity index is 1.10. The number of hydrogen-bond acceptors (Lipinski definition) is 7. The van der Waals surface area contributed by atoms with Gasteiger partial charge in [-0.05, 0) is 67.0 Å². The Bertz CT molecular complexity index is 1770. The number of carbonyl (C=O) groups is 1. The Morgan fingerprint density at radius 3 is 2.64 bits per heavy atom. The largest absolute Gasteiger partial charge is 0.453 e. The molecule has 1 saturated heterocycles. The van der Waals surface area contributed by atoms with E-state index in [1.165, 1.54) is 17.7 Å². The summed E-state index contributed by atoms with van der Waals surface area (Å²) in [7, 11) is 2.10. The smallest absolute Gasteiger partial charge is 0.230 e. The Hall–Kier alpha value is -4.22. The van der Waals surface area contributed by atoms with E-state index in [9.17, 15) is 4.79 Å². The molecule has 1 fully saturated rings. The van der Waals surface area contributed by atoms with Crippen molar-refractivity contribution in [3.05, 3.63) is 108 Å². The zero-order valence-electron chi connectivity index (χ0n) is 24.1. The Morgan fingerprint density at radius 1 is 1.07 bits per heavy atom. The summed E-state index contributed by atoms with van der Waals surface area (Å²) in [5, 5.41) is 5.57. The summed E-state index contributed by atoms with van der Waals surface area (Å²) in [5.41, 5.74) is 4.34. The van der Waals surface area contributed by atoms with Crippen molar-refractivity contribution in [1.82, 2.24) is 15.2 Å². The molecule has 7 nitrogen and oxygen atoms in total. The standard InChI is InChI=1S/C34H31FN4O3S2/c1-39(32-8-5-17-41-32)21-23-9-11-24(12-10-23)30-20-27-33(44-30)29(15-16-36-27)42-28-14-13-25(19-26(28)35)37-34(43)38-31(40)18-22-6-3-2-4-7-22/h2-4,6-7,9-16,19-20,32H,5,8,17-18,21H2,1H3,(H2,37,38,40,43). The first-order valence-electron chi connectivity index (χ1n) is 14.3. The molecule has 3 aromatic carbocycles. The fourth-order valence-electron chi connectivity index (χ4n) is 5.10. The number of pyridine rings is 1. The van der Waals surface area contributed by atoms with Crippen LogP contribution in [0.2, 0.25) is 0 Å². The summed E-state index contributed by atoms with van der Waals surface area (Å²) in [4.78, 5) is 20.1. The maximum absolute atomic E-state index is 15.1. The number of carbonyl (C=O) groups excluding carboxylic acids is 1. The van der Waals surface area contributed by atoms with E-state index in [0.29, 0.717) is 11.4 Å². The number of nitrogens with zero attached hydrogens (tertiary/aromatic N) is 2. The molecule has 1 unspecified atom stereocenters. The van der Waals surface area contributed by atoms with Crippen LogP contribution in [0.1, 0.15) is 24.0 Å². The minimum atomic E-state index is -0.571. The van der Waals surface area contributed by atoms with Crippen LogP contribution < -0.4 is 15.4 Å². The molecule has 1 aliphatic heterocycles. The molecule has 10 heteroatoms. The topological polar surface area (TPSA) is 75.7 Å². The zero-order valence-corrected chi connectivity index (χ0v) is 25.7. The van der Waals surface area contributed by atoms with E-state index >= 15 is 4.39 Å². The highest BCUT2D eigenvalue weighted by Crippen LogP contribution is 2.40. The minimum absolute atomic E-state index is 0.0664. The molecule has 0 saturated carbocycles. The number of thiocarbonyl (C=S) groups is 1. The first kappa shape index (κ1) is 29.8. The van der Waals surface area contributed by atoms with E-state index in [0.717, 1.165) is 52.2 Å². The van der Waals surface area contributed by atoms with Gasteiger partial charge in [0.25, 0.3) is 0 Å². The van der Waals surface area contributed by atoms with Crippen LogP contribution in [0.5, 0.6) is 11.5 Å². The second-order valence-corrected chi connectivity index (χ2v) is 12.1. The molecule has 6 rings (SSSR count). The van der Waals surface area contributed by atoms with Gasteiger partial charge < -0.3 is 20.1 Å². The van der Waals surface area contributed by atoms with Gasteiger partial charge in [-0.3, -0.25) is 14.7 Å². The summed E-state index contributed by atoms with van der Waals surface area (Å²) in [6.07, 6.45) is 4.22. The number of hydrogen-bond donors (Lipinski definition) is 2. The van der Waals surface area contributed by atoms with Crippen LogP contribution in [0, 0.1) is 5.82 Å². The molecule has 0 radical (unpaired) electrons. The van der Waals surface area contributed by atoms with Crippen LogP contribution >= 0.6 is 23.6 Å². The van der Waals surface area contributed by atoms with Gasteiger partial charge in [0.15, 0.2) is 16.7 Å². The van der Waals surface area contributed by atoms with Gasteiger partial charge in [-0.25, -0.2) is 4.39 Å². The van der Waals surface area contributed by atoms with Gasteiger partial charge >= 0.3 is 0 Å². The van der Waals surface area contributed by atoms with E-state index in [2.05, 4.69) is 51.8 Å². The zero-order chi connectivity index (χ0) is 30.5. The molecule has 1 aliphatic rings. The Labute approximate surface area is 264 Å². The van der Waals surface area contributed by atoms with Crippen LogP contribution in [0.4, 0.5) is 10.1 Å². The van der Waals surface area contributed by atoms with Crippen molar-refractivity contribution in [3.63, 3.8) is 0 Å². The number of thiophene rings is 1. The van der Waals surface area contributed by atoms with Gasteiger partial charge in [0.1, 0.15) is 12.0 Å². The molecule has 0 bridgehead atoms. The Morgan fingerprint density at radius 2 is 1.89 bits per heavy atom. The highest BCUT2D eigenvalue weighted by molar-refractivity contribution is 7.80. The van der Waals surface area contributed by atoms with Crippen LogP contribution in [0.15, 0.2) is 91.1 Å². The van der Waals surface area contributed by atoms with Crippen molar-refractivity contribution in [3.8, 4) is 21.9 Å². The lowest BCUT2D eigenvalue weighted by Crippen LogP contribution is -2.35. The first-order chi connectivity index (χ1) is 21.4. The van der Waals surface area contributed by atoms with Crippen LogP contribution in [0.25, 0.3) is 20.7 Å². The molecule has 5 aromatic rings. The third-order valence-electron chi connectivity index (χ3n) is 7.31. The van der Waals surface area contributed by atoms with E-state index in [1.807, 2.05) is 36.4 Å². The SMILES string of the molecule is CN(Cc1ccc(-c2cc3nccc(Oc4ccc(NC(=S)NC(=O)Cc5ccccc5)cc4F)c3s2)cc1)C1CCCO1. The molecular formula is C34H31FN4O3S2. The molecular weight excluding hydrogens is 596 g/mol. The molecule has 0 aliphatic carbocycles. The van der Waals surface area contributed by atoms with Crippen LogP contribution in [-0.2, 0) is 22.5 Å². The summed E-state index contributed by atoms with van der Waals surface area (Å²) in [6.45, 7) is 1.66. The summed E-state index contributed by atoms with van der Waals surface area (Å²) in [6, 6.07) is 26.1. The van der Waals surface area contributed by atoms with Gasteiger partial charge in [-0.15, -0.1) is 11.3 Å². The van der Waals surface area contributed by atoms with Crippen molar-refractivity contribution in [2.45, 2.75) is 32.0 Å². The number of ether oxygens (including phenoxy) is 2. The number of anilines is 1. The predicted octanol–water partition coefficient (Wildman–Crippen LogP) is 7.52. The third kappa shape index (κ3) is 7.28. The predicted molar refractivity (Wildman–Crippen MR) is 176 cm³/mol. The molecule has 3 heterocycles. The summed E-state index contributed by atoms with van der Waals surface area (Å²) in [5.74, 6) is -0.246. The molecule has 1 amide bonds. The van der Waals surface area contributed by atoms with Crippen LogP contribution in [-0.4, -0.2) is 40.8 Å². The summed E-state index contributed by atoms with van der Waals surface area (Å²) < 4.78 is 27.8. The van der Waals surface area contributed by atoms with E-state index in [1.54, 1.807) is 29.7 Å². The lowest BCUT2D eigenvalue weighted by atomic mass is 10.1. The van der Waals surface area contributed by atoms with Crippen molar-refractivity contribution >= 4 is 50.5 Å². The molecule has 0 spiro atoms. The lowest BCUT2D eigenvalue weighted by molar-refractivity contribution is -0.119. The van der Waals surface area contributed by atoms with Crippen molar-refractivity contribution in [2.24, 2.45) is 0 Å². The normalized spacial score (nSPS) is 14.6. The molecule has 2 N–H and O–H groups in total. The summed E-state index contributed by atoms with van der Waals surface area (Å²) >= 11 is 6.79. The Kier molecular flexibility index (Phi) is 9.23. The fraction of sp³-hybridized carbons (Fsp3) is 0.206. The van der Waals surface area contributed by atoms with Crippen LogP contribution in [0.3, 0.4) is 0 Å². The number of halogens is 1. The van der Waals surface area contributed by atoms with Crippen molar-refractivity contribution < 1.29 is 18.7 Å². The molecule has 224 valence electrons. The van der Waals surface area contributed by atoms with Gasteiger partial charge in [-0.2, -0.15) is 0 Å². The van der Waals surface area contributed by atoms with Crippen molar-refractivity contribution in [2.75, 3.05) is 19.0 Å². The fourth-order valence-corrected chi connectivity index (χ4v) is 6.41. The second kappa shape index (κ2) is 13.6. The minimum Gasteiger partial charge on any atom is -0.453 e. The average molecular weight is 627 g/mol. The number of aromatic nitrogens is 1. The van der Waals surface area contributed by atoms with E-state index in [-0.39, 0.29) is 29.4 Å². The highest BCUT2D eigenvalue weighted by Gasteiger charge is 2.20. The van der Waals surface area contributed by atoms with Gasteiger partial charge in [-0.1, -0.05) is 54.6 Å². The quantitative estimate of drug-likeness (QED) is 0.164. The number of amides is 1. The second-order valence-electron chi connectivity index (χ2n) is 10.6. The van der Waals surface area contributed by atoms with Gasteiger partial charge in [0.05, 0.1) is 16.6 Å². The number of rotatable bonds is 9. The number of fused-ring (bicyclic) bond motifs is 1. The van der Waals surface area contributed by atoms with E-state index < -0.39 is 5.82 Å². The molecule has 2 aromatic heterocycles. The maximum atomic E-state index is 15.1. The highest BCUT2D eigenvalue weighted by atomic mass is 32.1. The lowest BCUT2D eigenvalue weighted by Gasteiger charge is -2.23. The van der Waals surface area contributed by atoms with E-state index in [4.69, 9.17) is 21.7 Å². The van der Waals surface area contributed by atoms with Gasteiger partial charge in [0.2, 0.25) is 5.91 Å². The monoisotopic (exact) mass is 626 g/mol. The third-order valence-corrected chi connectivity index (χ3v) is 8.71. The van der Waals surface area contributed by atoms with Gasteiger partial charge in [0, 0.05) is 42.0 Å². The number of benzene rings is 3.